The maximum absolute atomic E-state index is 13.1. The highest BCUT2D eigenvalue weighted by molar-refractivity contribution is 7.80. The Kier molecular flexibility index (Phi) is 4.07. The van der Waals surface area contributed by atoms with E-state index in [4.69, 9.17) is 21.7 Å². The molecule has 1 saturated heterocycles. The number of ether oxygens (including phenoxy) is 2. The molecule has 2 aliphatic heterocycles. The fourth-order valence-electron chi connectivity index (χ4n) is 3.71. The Morgan fingerprint density at radius 3 is 2.42 bits per heavy atom. The van der Waals surface area contributed by atoms with Crippen LogP contribution in [-0.2, 0) is 17.8 Å². The second-order valence-corrected chi connectivity index (χ2v) is 6.98. The van der Waals surface area contributed by atoms with E-state index in [-0.39, 0.29) is 11.9 Å². The van der Waals surface area contributed by atoms with Gasteiger partial charge in [0.15, 0.2) is 16.6 Å². The highest BCUT2D eigenvalue weighted by Gasteiger charge is 2.45. The maximum atomic E-state index is 13.1. The van der Waals surface area contributed by atoms with Gasteiger partial charge in [0.25, 0.3) is 5.91 Å². The lowest BCUT2D eigenvalue weighted by Crippen LogP contribution is -2.40. The van der Waals surface area contributed by atoms with Crippen LogP contribution in [0.2, 0.25) is 0 Å². The van der Waals surface area contributed by atoms with E-state index in [0.717, 1.165) is 22.4 Å². The number of carbonyl (C=O) groups is 1. The molecular weight excluding hydrogens is 348 g/mol. The minimum atomic E-state index is -0.270. The Hall–Kier alpha value is -2.60. The number of fused-ring (bicyclic) bond motifs is 2. The van der Waals surface area contributed by atoms with E-state index >= 15 is 0 Å². The van der Waals surface area contributed by atoms with Crippen molar-refractivity contribution in [3.63, 3.8) is 0 Å². The van der Waals surface area contributed by atoms with Gasteiger partial charge in [0.2, 0.25) is 0 Å². The van der Waals surface area contributed by atoms with Gasteiger partial charge in [0, 0.05) is 13.0 Å². The van der Waals surface area contributed by atoms with Crippen molar-refractivity contribution < 1.29 is 14.3 Å². The average Bonchev–Trinajstić information content (AvgIpc) is 2.88. The monoisotopic (exact) mass is 368 g/mol. The zero-order valence-electron chi connectivity index (χ0n) is 15.0. The highest BCUT2D eigenvalue weighted by Crippen LogP contribution is 2.38. The van der Waals surface area contributed by atoms with Gasteiger partial charge < -0.3 is 14.4 Å². The predicted molar refractivity (Wildman–Crippen MR) is 104 cm³/mol. The third-order valence-electron chi connectivity index (χ3n) is 5.04. The molecule has 1 fully saturated rings. The molecule has 2 aliphatic rings. The molecule has 0 aromatic heterocycles. The van der Waals surface area contributed by atoms with E-state index in [2.05, 4.69) is 0 Å². The molecule has 5 nitrogen and oxygen atoms in total. The molecule has 1 atom stereocenters. The minimum Gasteiger partial charge on any atom is -0.493 e. The summed E-state index contributed by atoms with van der Waals surface area (Å²) in [6.07, 6.45) is 0.608. The molecule has 2 heterocycles. The molecule has 2 aromatic carbocycles. The van der Waals surface area contributed by atoms with Gasteiger partial charge in [-0.25, -0.2) is 0 Å². The topological polar surface area (TPSA) is 42.0 Å². The van der Waals surface area contributed by atoms with Crippen molar-refractivity contribution in [2.24, 2.45) is 0 Å². The summed E-state index contributed by atoms with van der Waals surface area (Å²) in [6.45, 7) is 2.60. The van der Waals surface area contributed by atoms with E-state index in [1.807, 2.05) is 48.2 Å². The molecule has 0 saturated carbocycles. The maximum Gasteiger partial charge on any atom is 0.256 e. The quantitative estimate of drug-likeness (QED) is 0.779. The van der Waals surface area contributed by atoms with Crippen LogP contribution in [0.1, 0.15) is 16.7 Å². The predicted octanol–water partition coefficient (Wildman–Crippen LogP) is 3.07. The van der Waals surface area contributed by atoms with Crippen LogP contribution in [0.25, 0.3) is 0 Å². The molecule has 0 radical (unpaired) electrons. The average molecular weight is 368 g/mol. The second-order valence-electron chi connectivity index (χ2n) is 6.62. The Morgan fingerprint density at radius 2 is 1.77 bits per heavy atom. The summed E-state index contributed by atoms with van der Waals surface area (Å²) in [5.41, 5.74) is 4.14. The zero-order valence-corrected chi connectivity index (χ0v) is 15.8. The molecule has 134 valence electrons. The largest absolute Gasteiger partial charge is 0.493 e. The second kappa shape index (κ2) is 6.29. The van der Waals surface area contributed by atoms with E-state index in [9.17, 15) is 4.79 Å². The van der Waals surface area contributed by atoms with Gasteiger partial charge in [-0.2, -0.15) is 0 Å². The van der Waals surface area contributed by atoms with Gasteiger partial charge in [0.05, 0.1) is 19.9 Å². The summed E-state index contributed by atoms with van der Waals surface area (Å²) in [4.78, 5) is 16.8. The zero-order chi connectivity index (χ0) is 18.4. The van der Waals surface area contributed by atoms with Gasteiger partial charge in [-0.05, 0) is 60.1 Å². The lowest BCUT2D eigenvalue weighted by atomic mass is 9.94. The standard InChI is InChI=1S/C20H20N2O3S/c1-12-5-4-6-15(7-12)22-19(23)16-8-13-9-17(24-2)18(25-3)10-14(13)11-21(16)20(22)26/h4-7,9-10,16H,8,11H2,1-3H3/t16-/m0/s1. The summed E-state index contributed by atoms with van der Waals surface area (Å²) in [5, 5.41) is 0.561. The number of amides is 1. The van der Waals surface area contributed by atoms with Crippen molar-refractivity contribution in [2.75, 3.05) is 19.1 Å². The molecular formula is C20H20N2O3S. The van der Waals surface area contributed by atoms with Crippen molar-refractivity contribution in [3.8, 4) is 11.5 Å². The lowest BCUT2D eigenvalue weighted by molar-refractivity contribution is -0.119. The normalized spacial score (nSPS) is 18.7. The third kappa shape index (κ3) is 2.52. The SMILES string of the molecule is COc1cc2c(cc1OC)CN1C(=S)N(c3cccc(C)c3)C(=O)[C@@H]1C2. The Balaban J connectivity index is 1.71. The number of thiocarbonyl (C=S) groups is 1. The van der Waals surface area contributed by atoms with Crippen LogP contribution >= 0.6 is 12.2 Å². The first-order valence-electron chi connectivity index (χ1n) is 8.48. The number of aryl methyl sites for hydroxylation is 1. The summed E-state index contributed by atoms with van der Waals surface area (Å²) in [5.74, 6) is 1.40. The van der Waals surface area contributed by atoms with E-state index in [0.29, 0.717) is 29.6 Å². The summed E-state index contributed by atoms with van der Waals surface area (Å²) < 4.78 is 10.8. The van der Waals surface area contributed by atoms with Crippen LogP contribution in [0.15, 0.2) is 36.4 Å². The molecule has 0 bridgehead atoms. The van der Waals surface area contributed by atoms with Crippen molar-refractivity contribution in [2.45, 2.75) is 25.9 Å². The Labute approximate surface area is 158 Å². The molecule has 26 heavy (non-hydrogen) atoms. The number of rotatable bonds is 3. The van der Waals surface area contributed by atoms with Crippen LogP contribution in [0.5, 0.6) is 11.5 Å². The number of hydrogen-bond donors (Lipinski definition) is 0. The number of nitrogens with zero attached hydrogens (tertiary/aromatic N) is 2. The molecule has 6 heteroatoms. The van der Waals surface area contributed by atoms with Crippen LogP contribution in [0, 0.1) is 6.92 Å². The summed E-state index contributed by atoms with van der Waals surface area (Å²) >= 11 is 5.65. The summed E-state index contributed by atoms with van der Waals surface area (Å²) in [7, 11) is 3.24. The number of methoxy groups -OCH3 is 2. The first-order chi connectivity index (χ1) is 12.5. The fourth-order valence-corrected chi connectivity index (χ4v) is 4.10. The first kappa shape index (κ1) is 16.8. The van der Waals surface area contributed by atoms with Gasteiger partial charge >= 0.3 is 0 Å². The number of hydrogen-bond acceptors (Lipinski definition) is 4. The molecule has 0 aliphatic carbocycles. The molecule has 0 unspecified atom stereocenters. The van der Waals surface area contributed by atoms with Gasteiger partial charge in [0.1, 0.15) is 6.04 Å². The Bertz CT molecular complexity index is 861. The van der Waals surface area contributed by atoms with Crippen molar-refractivity contribution in [1.29, 1.82) is 0 Å². The molecule has 2 aromatic rings. The van der Waals surface area contributed by atoms with E-state index < -0.39 is 0 Å². The van der Waals surface area contributed by atoms with Crippen molar-refractivity contribution in [3.05, 3.63) is 53.1 Å². The third-order valence-corrected chi connectivity index (χ3v) is 5.46. The van der Waals surface area contributed by atoms with Crippen LogP contribution in [0.3, 0.4) is 0 Å². The first-order valence-corrected chi connectivity index (χ1v) is 8.89. The molecule has 0 spiro atoms. The van der Waals surface area contributed by atoms with Crippen LogP contribution < -0.4 is 14.4 Å². The van der Waals surface area contributed by atoms with Crippen LogP contribution in [0.4, 0.5) is 5.69 Å². The van der Waals surface area contributed by atoms with E-state index in [1.54, 1.807) is 19.1 Å². The number of anilines is 1. The van der Waals surface area contributed by atoms with Crippen LogP contribution in [-0.4, -0.2) is 36.2 Å². The smallest absolute Gasteiger partial charge is 0.256 e. The van der Waals surface area contributed by atoms with Crippen molar-refractivity contribution in [1.82, 2.24) is 4.90 Å². The number of carbonyl (C=O) groups excluding carboxylic acids is 1. The summed E-state index contributed by atoms with van der Waals surface area (Å²) in [6, 6.07) is 11.5. The lowest BCUT2D eigenvalue weighted by Gasteiger charge is -2.31. The van der Waals surface area contributed by atoms with Crippen molar-refractivity contribution >= 4 is 28.9 Å². The fraction of sp³-hybridized carbons (Fsp3) is 0.300. The molecule has 1 amide bonds. The molecule has 0 N–H and O–H groups in total. The minimum absolute atomic E-state index is 0.0287. The Morgan fingerprint density at radius 1 is 1.08 bits per heavy atom. The van der Waals surface area contributed by atoms with E-state index in [1.165, 1.54) is 0 Å². The number of benzene rings is 2. The highest BCUT2D eigenvalue weighted by atomic mass is 32.1. The van der Waals surface area contributed by atoms with Gasteiger partial charge in [-0.1, -0.05) is 12.1 Å². The molecule has 4 rings (SSSR count). The van der Waals surface area contributed by atoms with Gasteiger partial charge in [-0.15, -0.1) is 0 Å². The van der Waals surface area contributed by atoms with Gasteiger partial charge in [-0.3, -0.25) is 9.69 Å².